The van der Waals surface area contributed by atoms with E-state index in [1.165, 1.54) is 27.9 Å². The number of rotatable bonds is 4. The van der Waals surface area contributed by atoms with Crippen LogP contribution in [0.4, 0.5) is 24.5 Å². The number of ether oxygens (including phenoxy) is 1. The van der Waals surface area contributed by atoms with E-state index in [-0.39, 0.29) is 29.5 Å². The number of aromatic nitrogens is 3. The Labute approximate surface area is 193 Å². The number of nitrogens with one attached hydrogen (secondary N) is 1. The van der Waals surface area contributed by atoms with E-state index in [1.54, 1.807) is 32.9 Å². The van der Waals surface area contributed by atoms with Gasteiger partial charge in [-0.2, -0.15) is 18.3 Å². The molecule has 0 bridgehead atoms. The van der Waals surface area contributed by atoms with Gasteiger partial charge in [-0.1, -0.05) is 0 Å². The fraction of sp³-hybridized carbons (Fsp3) is 0.304. The molecule has 11 heteroatoms. The predicted octanol–water partition coefficient (Wildman–Crippen LogP) is 4.40. The van der Waals surface area contributed by atoms with Gasteiger partial charge < -0.3 is 15.0 Å². The highest BCUT2D eigenvalue weighted by Gasteiger charge is 2.38. The molecule has 8 nitrogen and oxygen atoms in total. The van der Waals surface area contributed by atoms with Gasteiger partial charge in [0.1, 0.15) is 11.4 Å². The number of nitrogens with zero attached hydrogens (tertiary/aromatic N) is 4. The number of hydrogen-bond donors (Lipinski definition) is 1. The van der Waals surface area contributed by atoms with Gasteiger partial charge in [-0.05, 0) is 45.0 Å². The Hall–Kier alpha value is -3.89. The highest BCUT2D eigenvalue weighted by molar-refractivity contribution is 6.15. The van der Waals surface area contributed by atoms with Gasteiger partial charge in [-0.3, -0.25) is 19.3 Å². The van der Waals surface area contributed by atoms with E-state index in [9.17, 15) is 22.8 Å². The molecule has 0 saturated carbocycles. The minimum absolute atomic E-state index is 0.0533. The van der Waals surface area contributed by atoms with Crippen LogP contribution in [0.25, 0.3) is 0 Å². The quantitative estimate of drug-likeness (QED) is 0.607. The summed E-state index contributed by atoms with van der Waals surface area (Å²) in [5.74, 6) is -1.48. The summed E-state index contributed by atoms with van der Waals surface area (Å²) in [7, 11) is 1.13. The summed E-state index contributed by atoms with van der Waals surface area (Å²) in [5, 5.41) is 6.98. The van der Waals surface area contributed by atoms with Crippen molar-refractivity contribution in [2.24, 2.45) is 0 Å². The van der Waals surface area contributed by atoms with Crippen molar-refractivity contribution in [3.63, 3.8) is 0 Å². The number of anilines is 2. The van der Waals surface area contributed by atoms with E-state index in [4.69, 9.17) is 4.74 Å². The summed E-state index contributed by atoms with van der Waals surface area (Å²) in [4.78, 5) is 32.0. The highest BCUT2D eigenvalue weighted by Crippen LogP contribution is 2.39. The van der Waals surface area contributed by atoms with Crippen molar-refractivity contribution in [1.29, 1.82) is 0 Å². The minimum Gasteiger partial charge on any atom is -0.496 e. The molecular weight excluding hydrogens is 451 g/mol. The number of halogens is 3. The van der Waals surface area contributed by atoms with Crippen LogP contribution in [0.3, 0.4) is 0 Å². The van der Waals surface area contributed by atoms with Crippen LogP contribution in [0.1, 0.15) is 50.8 Å². The van der Waals surface area contributed by atoms with Crippen LogP contribution in [0.15, 0.2) is 36.5 Å². The number of methoxy groups -OCH3 is 1. The van der Waals surface area contributed by atoms with Crippen molar-refractivity contribution < 1.29 is 27.5 Å². The Bertz CT molecular complexity index is 1270. The third-order valence-corrected chi connectivity index (χ3v) is 5.49. The first kappa shape index (κ1) is 23.3. The average Bonchev–Trinajstić information content (AvgIpc) is 3.21. The van der Waals surface area contributed by atoms with E-state index in [0.29, 0.717) is 5.69 Å². The van der Waals surface area contributed by atoms with Crippen molar-refractivity contribution in [1.82, 2.24) is 14.8 Å². The van der Waals surface area contributed by atoms with E-state index in [1.807, 2.05) is 0 Å². The van der Waals surface area contributed by atoms with Gasteiger partial charge in [0.2, 0.25) is 0 Å². The molecule has 1 aromatic carbocycles. The molecule has 0 aliphatic carbocycles. The van der Waals surface area contributed by atoms with Gasteiger partial charge in [-0.25, -0.2) is 0 Å². The number of benzene rings is 1. The maximum Gasteiger partial charge on any atom is 0.419 e. The Morgan fingerprint density at radius 2 is 1.85 bits per heavy atom. The van der Waals surface area contributed by atoms with Gasteiger partial charge in [-0.15, -0.1) is 0 Å². The highest BCUT2D eigenvalue weighted by atomic mass is 19.4. The van der Waals surface area contributed by atoms with Gasteiger partial charge in [0.25, 0.3) is 11.8 Å². The number of aryl methyl sites for hydroxylation is 2. The van der Waals surface area contributed by atoms with Crippen molar-refractivity contribution >= 4 is 23.2 Å². The zero-order chi connectivity index (χ0) is 24.8. The number of hydrogen-bond acceptors (Lipinski definition) is 5. The molecule has 0 fully saturated rings. The van der Waals surface area contributed by atoms with Gasteiger partial charge in [0.05, 0.1) is 30.5 Å². The van der Waals surface area contributed by atoms with E-state index < -0.39 is 29.3 Å². The molecule has 2 aromatic heterocycles. The number of pyridine rings is 1. The molecule has 0 spiro atoms. The lowest BCUT2D eigenvalue weighted by Crippen LogP contribution is -2.43. The third kappa shape index (κ3) is 4.20. The van der Waals surface area contributed by atoms with Crippen LogP contribution in [0.2, 0.25) is 0 Å². The van der Waals surface area contributed by atoms with Crippen molar-refractivity contribution in [3.05, 3.63) is 64.7 Å². The van der Waals surface area contributed by atoms with Crippen LogP contribution in [-0.4, -0.2) is 40.2 Å². The summed E-state index contributed by atoms with van der Waals surface area (Å²) in [6.45, 7) is 5.55. The minimum atomic E-state index is -4.60. The first-order valence-corrected chi connectivity index (χ1v) is 10.4. The van der Waals surface area contributed by atoms with Crippen LogP contribution in [0.5, 0.6) is 5.75 Å². The third-order valence-electron chi connectivity index (χ3n) is 5.49. The Balaban J connectivity index is 1.69. The zero-order valence-electron chi connectivity index (χ0n) is 18.9. The van der Waals surface area contributed by atoms with E-state index in [2.05, 4.69) is 15.4 Å². The molecule has 1 atom stereocenters. The number of alkyl halides is 3. The van der Waals surface area contributed by atoms with Crippen LogP contribution in [-0.2, 0) is 6.18 Å². The lowest BCUT2D eigenvalue weighted by molar-refractivity contribution is -0.138. The van der Waals surface area contributed by atoms with Crippen molar-refractivity contribution in [3.8, 4) is 5.75 Å². The van der Waals surface area contributed by atoms with E-state index in [0.717, 1.165) is 24.6 Å². The summed E-state index contributed by atoms with van der Waals surface area (Å²) in [5.41, 5.74) is 1.37. The monoisotopic (exact) mass is 473 g/mol. The summed E-state index contributed by atoms with van der Waals surface area (Å²) in [6.07, 6.45) is -3.28. The average molecular weight is 473 g/mol. The predicted molar refractivity (Wildman–Crippen MR) is 118 cm³/mol. The van der Waals surface area contributed by atoms with Crippen LogP contribution >= 0.6 is 0 Å². The fourth-order valence-corrected chi connectivity index (χ4v) is 4.04. The van der Waals surface area contributed by atoms with Crippen molar-refractivity contribution in [2.75, 3.05) is 23.9 Å². The molecule has 178 valence electrons. The number of amides is 2. The molecule has 4 rings (SSSR count). The molecular formula is C23H22F3N5O3. The smallest absolute Gasteiger partial charge is 0.419 e. The second-order valence-corrected chi connectivity index (χ2v) is 8.09. The molecule has 0 saturated heterocycles. The number of carbonyl (C=O) groups excluding carboxylic acids is 2. The molecule has 1 N–H and O–H groups in total. The standard InChI is InChI=1S/C23H22F3N5O3/c1-12-7-15(8-13(2)28-12)29-21(32)17-10-27-31-14(3)11-30(22(33)20(17)31)16-5-6-18(23(24,25)26)19(9-16)34-4/h5-10,14H,11H2,1-4H3,(H,28,29,32). The summed E-state index contributed by atoms with van der Waals surface area (Å²) < 4.78 is 46.1. The lowest BCUT2D eigenvalue weighted by Gasteiger charge is -2.32. The molecule has 1 aliphatic heterocycles. The Morgan fingerprint density at radius 3 is 2.47 bits per heavy atom. The molecule has 3 heterocycles. The molecule has 3 aromatic rings. The fourth-order valence-electron chi connectivity index (χ4n) is 4.04. The molecule has 2 amide bonds. The zero-order valence-corrected chi connectivity index (χ0v) is 18.9. The van der Waals surface area contributed by atoms with Gasteiger partial charge >= 0.3 is 6.18 Å². The molecule has 1 aliphatic rings. The Morgan fingerprint density at radius 1 is 1.18 bits per heavy atom. The van der Waals surface area contributed by atoms with Gasteiger partial charge in [0.15, 0.2) is 0 Å². The normalized spacial score (nSPS) is 15.8. The summed E-state index contributed by atoms with van der Waals surface area (Å²) >= 11 is 0. The maximum absolute atomic E-state index is 13.4. The Kier molecular flexibility index (Phi) is 5.80. The molecule has 0 radical (unpaired) electrons. The van der Waals surface area contributed by atoms with Crippen molar-refractivity contribution in [2.45, 2.75) is 33.0 Å². The summed E-state index contributed by atoms with van der Waals surface area (Å²) in [6, 6.07) is 6.33. The van der Waals surface area contributed by atoms with Crippen LogP contribution < -0.4 is 15.0 Å². The maximum atomic E-state index is 13.4. The molecule has 34 heavy (non-hydrogen) atoms. The van der Waals surface area contributed by atoms with E-state index >= 15 is 0 Å². The van der Waals surface area contributed by atoms with Crippen LogP contribution in [0, 0.1) is 13.8 Å². The largest absolute Gasteiger partial charge is 0.496 e. The first-order valence-electron chi connectivity index (χ1n) is 10.4. The second kappa shape index (κ2) is 8.47. The molecule has 1 unspecified atom stereocenters. The SMILES string of the molecule is COc1cc(N2CC(C)n3ncc(C(=O)Nc4cc(C)nc(C)c4)c3C2=O)ccc1C(F)(F)F. The lowest BCUT2D eigenvalue weighted by atomic mass is 10.1. The van der Waals surface area contributed by atoms with Gasteiger partial charge in [0, 0.05) is 35.4 Å². The first-order chi connectivity index (χ1) is 16.0. The number of carbonyl (C=O) groups is 2. The topological polar surface area (TPSA) is 89.3 Å². The number of fused-ring (bicyclic) bond motifs is 1. The second-order valence-electron chi connectivity index (χ2n) is 8.09.